The van der Waals surface area contributed by atoms with Crippen LogP contribution in [0.25, 0.3) is 16.9 Å². The van der Waals surface area contributed by atoms with E-state index >= 15 is 0 Å². The molecule has 1 unspecified atom stereocenters. The monoisotopic (exact) mass is 556 g/mol. The summed E-state index contributed by atoms with van der Waals surface area (Å²) in [6.45, 7) is 3.32. The maximum absolute atomic E-state index is 13.1. The molecule has 0 fully saturated rings. The molecule has 1 amide bonds. The normalized spacial score (nSPS) is 14.7. The van der Waals surface area contributed by atoms with Gasteiger partial charge in [0.25, 0.3) is 0 Å². The van der Waals surface area contributed by atoms with Crippen LogP contribution in [0.3, 0.4) is 0 Å². The van der Waals surface area contributed by atoms with Gasteiger partial charge >= 0.3 is 0 Å². The Balaban J connectivity index is 1.77. The van der Waals surface area contributed by atoms with Gasteiger partial charge in [-0.05, 0) is 43.5 Å². The molecule has 4 aromatic rings. The number of thioether (sulfide) groups is 1. The topological polar surface area (TPSA) is 86.0 Å². The van der Waals surface area contributed by atoms with E-state index in [1.807, 2.05) is 61.7 Å². The molecule has 2 aromatic heterocycles. The number of aryl methyl sites for hydroxylation is 1. The number of amides is 1. The van der Waals surface area contributed by atoms with E-state index in [9.17, 15) is 4.79 Å². The Morgan fingerprint density at radius 1 is 1.18 bits per heavy atom. The van der Waals surface area contributed by atoms with Crippen molar-refractivity contribution < 1.29 is 9.53 Å². The van der Waals surface area contributed by atoms with Gasteiger partial charge in [-0.25, -0.2) is 4.68 Å². The van der Waals surface area contributed by atoms with E-state index in [0.717, 1.165) is 10.2 Å². The lowest BCUT2D eigenvalue weighted by Gasteiger charge is -2.29. The van der Waals surface area contributed by atoms with Crippen LogP contribution >= 0.6 is 39.3 Å². The quantitative estimate of drug-likeness (QED) is 0.302. The molecule has 1 aliphatic rings. The third-order valence-corrected chi connectivity index (χ3v) is 6.78. The van der Waals surface area contributed by atoms with Crippen molar-refractivity contribution in [3.63, 3.8) is 0 Å². The zero-order valence-electron chi connectivity index (χ0n) is 18.4. The highest BCUT2D eigenvalue weighted by Gasteiger charge is 2.38. The van der Waals surface area contributed by atoms with Gasteiger partial charge < -0.3 is 4.74 Å². The van der Waals surface area contributed by atoms with Gasteiger partial charge in [0.15, 0.2) is 5.69 Å². The van der Waals surface area contributed by atoms with Crippen LogP contribution in [-0.2, 0) is 4.79 Å². The molecule has 2 aromatic carbocycles. The van der Waals surface area contributed by atoms with Crippen LogP contribution in [0.4, 0.5) is 5.69 Å². The van der Waals surface area contributed by atoms with Gasteiger partial charge in [-0.3, -0.25) is 9.69 Å². The highest BCUT2D eigenvalue weighted by Crippen LogP contribution is 2.46. The number of hydrogen-bond donors (Lipinski definition) is 0. The van der Waals surface area contributed by atoms with Gasteiger partial charge in [-0.1, -0.05) is 57.5 Å². The number of nitrogens with zero attached hydrogens (tertiary/aromatic N) is 6. The zero-order chi connectivity index (χ0) is 24.0. The minimum atomic E-state index is -0.921. The molecule has 0 aliphatic carbocycles. The Morgan fingerprint density at radius 3 is 2.65 bits per heavy atom. The predicted octanol–water partition coefficient (Wildman–Crippen LogP) is 5.61. The molecule has 1 aliphatic heterocycles. The smallest absolute Gasteiger partial charge is 0.247 e. The molecule has 0 saturated carbocycles. The van der Waals surface area contributed by atoms with Gasteiger partial charge in [0.05, 0.1) is 22.6 Å². The van der Waals surface area contributed by atoms with Crippen LogP contribution in [-0.4, -0.2) is 37.1 Å². The molecule has 11 heteroatoms. The fourth-order valence-electron chi connectivity index (χ4n) is 3.88. The molecule has 0 radical (unpaired) electrons. The molecule has 0 spiro atoms. The van der Waals surface area contributed by atoms with E-state index in [1.54, 1.807) is 9.58 Å². The van der Waals surface area contributed by atoms with Gasteiger partial charge in [0, 0.05) is 17.0 Å². The van der Waals surface area contributed by atoms with Crippen molar-refractivity contribution in [1.82, 2.24) is 25.0 Å². The van der Waals surface area contributed by atoms with Crippen LogP contribution in [0.5, 0.6) is 5.88 Å². The number of aromatic nitrogens is 5. The second-order valence-corrected chi connectivity index (χ2v) is 9.56. The Hall–Kier alpha value is -2.95. The lowest BCUT2D eigenvalue weighted by Crippen LogP contribution is -2.36. The fourth-order valence-corrected chi connectivity index (χ4v) is 4.91. The summed E-state index contributed by atoms with van der Waals surface area (Å²) in [5.74, 6) is 0.0257. The van der Waals surface area contributed by atoms with E-state index in [1.165, 1.54) is 18.7 Å². The highest BCUT2D eigenvalue weighted by molar-refractivity contribution is 9.10. The Morgan fingerprint density at radius 2 is 1.94 bits per heavy atom. The van der Waals surface area contributed by atoms with Crippen molar-refractivity contribution in [3.8, 4) is 22.8 Å². The van der Waals surface area contributed by atoms with Gasteiger partial charge in [-0.15, -0.1) is 10.2 Å². The second kappa shape index (κ2) is 9.01. The van der Waals surface area contributed by atoms with Gasteiger partial charge in [0.2, 0.25) is 23.2 Å². The number of fused-ring (bicyclic) bond motifs is 3. The first-order valence-electron chi connectivity index (χ1n) is 10.2. The van der Waals surface area contributed by atoms with Crippen molar-refractivity contribution in [2.45, 2.75) is 25.2 Å². The maximum Gasteiger partial charge on any atom is 0.247 e. The number of rotatable bonds is 3. The van der Waals surface area contributed by atoms with Crippen LogP contribution < -0.4 is 9.64 Å². The van der Waals surface area contributed by atoms with E-state index in [4.69, 9.17) is 16.3 Å². The number of para-hydroxylation sites is 1. The number of halogens is 2. The number of ether oxygens (including phenoxy) is 1. The number of carbonyl (C=O) groups excluding carboxylic acids is 1. The molecule has 0 N–H and O–H groups in total. The lowest BCUT2D eigenvalue weighted by atomic mass is 10.1. The van der Waals surface area contributed by atoms with Crippen LogP contribution in [0.2, 0.25) is 5.15 Å². The van der Waals surface area contributed by atoms with E-state index in [-0.39, 0.29) is 11.8 Å². The summed E-state index contributed by atoms with van der Waals surface area (Å²) in [5, 5.41) is 14.0. The van der Waals surface area contributed by atoms with Crippen LogP contribution in [0.1, 0.15) is 24.4 Å². The van der Waals surface area contributed by atoms with Crippen molar-refractivity contribution in [2.24, 2.45) is 0 Å². The minimum Gasteiger partial charge on any atom is -0.447 e. The summed E-state index contributed by atoms with van der Waals surface area (Å²) >= 11 is 11.7. The van der Waals surface area contributed by atoms with Crippen LogP contribution in [0, 0.1) is 6.92 Å². The summed E-state index contributed by atoms with van der Waals surface area (Å²) in [6, 6.07) is 15.1. The maximum atomic E-state index is 13.1. The lowest BCUT2D eigenvalue weighted by molar-refractivity contribution is -0.118. The Labute approximate surface area is 213 Å². The first-order chi connectivity index (χ1) is 16.4. The largest absolute Gasteiger partial charge is 0.447 e. The second-order valence-electron chi connectivity index (χ2n) is 7.51. The first-order valence-corrected chi connectivity index (χ1v) is 12.6. The molecule has 8 nitrogen and oxygen atoms in total. The average Bonchev–Trinajstić information content (AvgIpc) is 3.05. The minimum absolute atomic E-state index is 0.234. The molecule has 0 bridgehead atoms. The summed E-state index contributed by atoms with van der Waals surface area (Å²) in [7, 11) is 0. The average molecular weight is 558 g/mol. The molecule has 3 heterocycles. The summed E-state index contributed by atoms with van der Waals surface area (Å²) in [5.41, 5.74) is 3.69. The molecule has 1 atom stereocenters. The van der Waals surface area contributed by atoms with Crippen molar-refractivity contribution in [2.75, 3.05) is 11.2 Å². The highest BCUT2D eigenvalue weighted by atomic mass is 79.9. The SMILES string of the molecule is CSc1nnc2c(n1)OC(c1c(C)nn(-c3ccccc3)c1Cl)N(C(C)=O)c1ccc(Br)cc1-2. The van der Waals surface area contributed by atoms with E-state index in [0.29, 0.717) is 38.5 Å². The summed E-state index contributed by atoms with van der Waals surface area (Å²) in [4.78, 5) is 19.2. The fraction of sp³-hybridized carbons (Fsp3) is 0.174. The van der Waals surface area contributed by atoms with E-state index in [2.05, 4.69) is 36.2 Å². The van der Waals surface area contributed by atoms with Gasteiger partial charge in [0.1, 0.15) is 5.15 Å². The van der Waals surface area contributed by atoms with Crippen molar-refractivity contribution in [1.29, 1.82) is 0 Å². The Kier molecular flexibility index (Phi) is 6.05. The third kappa shape index (κ3) is 3.85. The van der Waals surface area contributed by atoms with Gasteiger partial charge in [-0.2, -0.15) is 10.1 Å². The zero-order valence-corrected chi connectivity index (χ0v) is 21.5. The number of carbonyl (C=O) groups is 1. The molecular weight excluding hydrogens is 540 g/mol. The molecule has 5 rings (SSSR count). The predicted molar refractivity (Wildman–Crippen MR) is 135 cm³/mol. The van der Waals surface area contributed by atoms with Crippen LogP contribution in [0.15, 0.2) is 58.2 Å². The first kappa shape index (κ1) is 22.8. The summed E-state index contributed by atoms with van der Waals surface area (Å²) in [6.07, 6.45) is 0.935. The number of benzene rings is 2. The van der Waals surface area contributed by atoms with Crippen molar-refractivity contribution >= 4 is 50.9 Å². The van der Waals surface area contributed by atoms with Crippen molar-refractivity contribution in [3.05, 3.63) is 69.4 Å². The molecule has 34 heavy (non-hydrogen) atoms. The number of hydrogen-bond acceptors (Lipinski definition) is 7. The van der Waals surface area contributed by atoms with E-state index < -0.39 is 6.23 Å². The standard InChI is InChI=1S/C23H18BrClN6O2S/c1-12-18(20(25)31(29-12)15-7-5-4-6-8-15)22-30(13(2)32)17-10-9-14(24)11-16(17)19-21(33-22)26-23(34-3)28-27-19/h4-11,22H,1-3H3. The third-order valence-electron chi connectivity index (χ3n) is 5.38. The molecule has 0 saturated heterocycles. The number of anilines is 1. The molecular formula is C23H18BrClN6O2S. The Bertz CT molecular complexity index is 1410. The summed E-state index contributed by atoms with van der Waals surface area (Å²) < 4.78 is 8.87. The molecule has 172 valence electrons.